The Bertz CT molecular complexity index is 677. The number of halogens is 1. The molecule has 0 atom stereocenters. The first-order chi connectivity index (χ1) is 9.81. The lowest BCUT2D eigenvalue weighted by molar-refractivity contribution is 0.306. The summed E-state index contributed by atoms with van der Waals surface area (Å²) in [4.78, 5) is 0. The number of nitrogens with zero attached hydrogens (tertiary/aromatic N) is 2. The average Bonchev–Trinajstić information content (AvgIpc) is 2.97. The van der Waals surface area contributed by atoms with E-state index in [2.05, 4.69) is 27.7 Å². The van der Waals surface area contributed by atoms with Crippen LogP contribution in [0.3, 0.4) is 0 Å². The van der Waals surface area contributed by atoms with Crippen LogP contribution >= 0.6 is 22.6 Å². The van der Waals surface area contributed by atoms with Crippen LogP contribution in [0.15, 0.2) is 67.0 Å². The van der Waals surface area contributed by atoms with Gasteiger partial charge in [0.2, 0.25) is 0 Å². The Hall–Kier alpha value is -1.82. The van der Waals surface area contributed by atoms with E-state index in [9.17, 15) is 0 Å². The van der Waals surface area contributed by atoms with E-state index < -0.39 is 0 Å². The Balaban J connectivity index is 1.67. The van der Waals surface area contributed by atoms with Crippen molar-refractivity contribution in [3.05, 3.63) is 76.1 Å². The molecular formula is C16H13IN2O. The fraction of sp³-hybridized carbons (Fsp3) is 0.0625. The first-order valence-electron chi connectivity index (χ1n) is 6.28. The maximum atomic E-state index is 5.74. The van der Waals surface area contributed by atoms with Crippen molar-refractivity contribution in [2.75, 3.05) is 0 Å². The molecule has 0 N–H and O–H groups in total. The van der Waals surface area contributed by atoms with Gasteiger partial charge in [-0.15, -0.1) is 0 Å². The van der Waals surface area contributed by atoms with E-state index in [1.807, 2.05) is 71.7 Å². The van der Waals surface area contributed by atoms with E-state index in [0.29, 0.717) is 6.61 Å². The van der Waals surface area contributed by atoms with Crippen molar-refractivity contribution in [2.24, 2.45) is 0 Å². The minimum absolute atomic E-state index is 0.521. The highest BCUT2D eigenvalue weighted by Crippen LogP contribution is 2.15. The minimum Gasteiger partial charge on any atom is -0.489 e. The molecule has 0 amide bonds. The molecule has 1 heterocycles. The van der Waals surface area contributed by atoms with Crippen LogP contribution in [0.4, 0.5) is 0 Å². The summed E-state index contributed by atoms with van der Waals surface area (Å²) in [6.07, 6.45) is 3.82. The van der Waals surface area contributed by atoms with Crippen LogP contribution in [0, 0.1) is 3.57 Å². The van der Waals surface area contributed by atoms with Crippen LogP contribution < -0.4 is 4.74 Å². The molecule has 3 rings (SSSR count). The van der Waals surface area contributed by atoms with Crippen LogP contribution in [-0.2, 0) is 6.61 Å². The molecule has 0 spiro atoms. The van der Waals surface area contributed by atoms with E-state index in [0.717, 1.165) is 17.0 Å². The molecule has 0 bridgehead atoms. The highest BCUT2D eigenvalue weighted by Gasteiger charge is 2.01. The Morgan fingerprint density at radius 2 is 1.75 bits per heavy atom. The highest BCUT2D eigenvalue weighted by atomic mass is 127. The summed E-state index contributed by atoms with van der Waals surface area (Å²) in [6.45, 7) is 0.521. The fourth-order valence-corrected chi connectivity index (χ4v) is 2.21. The molecule has 100 valence electrons. The van der Waals surface area contributed by atoms with E-state index in [-0.39, 0.29) is 0 Å². The van der Waals surface area contributed by atoms with Gasteiger partial charge in [-0.3, -0.25) is 0 Å². The topological polar surface area (TPSA) is 27.1 Å². The maximum Gasteiger partial charge on any atom is 0.119 e. The first kappa shape index (κ1) is 13.2. The molecule has 3 aromatic rings. The Morgan fingerprint density at radius 3 is 2.50 bits per heavy atom. The molecular weight excluding hydrogens is 363 g/mol. The lowest BCUT2D eigenvalue weighted by Gasteiger charge is -2.04. The Kier molecular flexibility index (Phi) is 4.01. The lowest BCUT2D eigenvalue weighted by atomic mass is 10.3. The van der Waals surface area contributed by atoms with Crippen molar-refractivity contribution in [2.45, 2.75) is 6.61 Å². The van der Waals surface area contributed by atoms with Crippen molar-refractivity contribution in [3.8, 4) is 11.4 Å². The molecule has 20 heavy (non-hydrogen) atoms. The molecule has 0 aliphatic rings. The normalized spacial score (nSPS) is 10.4. The summed E-state index contributed by atoms with van der Waals surface area (Å²) in [5.74, 6) is 0.873. The number of hydrogen-bond donors (Lipinski definition) is 0. The van der Waals surface area contributed by atoms with Gasteiger partial charge in [-0.1, -0.05) is 18.2 Å². The number of para-hydroxylation sites is 1. The fourth-order valence-electron chi connectivity index (χ4n) is 1.85. The summed E-state index contributed by atoms with van der Waals surface area (Å²) >= 11 is 2.28. The molecule has 0 saturated carbocycles. The van der Waals surface area contributed by atoms with Crippen LogP contribution in [0.2, 0.25) is 0 Å². The maximum absolute atomic E-state index is 5.74. The molecule has 4 heteroatoms. The smallest absolute Gasteiger partial charge is 0.119 e. The van der Waals surface area contributed by atoms with E-state index in [1.165, 1.54) is 3.57 Å². The summed E-state index contributed by atoms with van der Waals surface area (Å²) in [5.41, 5.74) is 2.10. The third-order valence-corrected chi connectivity index (χ3v) is 3.60. The van der Waals surface area contributed by atoms with Crippen LogP contribution in [0.25, 0.3) is 5.69 Å². The van der Waals surface area contributed by atoms with Gasteiger partial charge in [0.25, 0.3) is 0 Å². The molecule has 0 radical (unpaired) electrons. The molecule has 3 nitrogen and oxygen atoms in total. The molecule has 0 saturated heterocycles. The average molecular weight is 376 g/mol. The second-order valence-electron chi connectivity index (χ2n) is 4.37. The van der Waals surface area contributed by atoms with Crippen molar-refractivity contribution in [1.82, 2.24) is 9.78 Å². The lowest BCUT2D eigenvalue weighted by Crippen LogP contribution is -1.95. The summed E-state index contributed by atoms with van der Waals surface area (Å²) in [5, 5.41) is 4.35. The van der Waals surface area contributed by atoms with E-state index in [4.69, 9.17) is 4.74 Å². The first-order valence-corrected chi connectivity index (χ1v) is 7.36. The number of hydrogen-bond acceptors (Lipinski definition) is 2. The quantitative estimate of drug-likeness (QED) is 0.643. The zero-order chi connectivity index (χ0) is 13.8. The summed E-state index contributed by atoms with van der Waals surface area (Å²) in [7, 11) is 0. The molecule has 1 aromatic heterocycles. The number of aromatic nitrogens is 2. The van der Waals surface area contributed by atoms with Crippen molar-refractivity contribution < 1.29 is 4.74 Å². The van der Waals surface area contributed by atoms with E-state index >= 15 is 0 Å². The second-order valence-corrected chi connectivity index (χ2v) is 5.62. The van der Waals surface area contributed by atoms with Gasteiger partial charge in [-0.2, -0.15) is 5.10 Å². The highest BCUT2D eigenvalue weighted by molar-refractivity contribution is 14.1. The van der Waals surface area contributed by atoms with Gasteiger partial charge in [0, 0.05) is 15.3 Å². The summed E-state index contributed by atoms with van der Waals surface area (Å²) in [6, 6.07) is 18.1. The van der Waals surface area contributed by atoms with Crippen molar-refractivity contribution >= 4 is 22.6 Å². The van der Waals surface area contributed by atoms with E-state index in [1.54, 1.807) is 0 Å². The minimum atomic E-state index is 0.521. The van der Waals surface area contributed by atoms with Crippen LogP contribution in [0.5, 0.6) is 5.75 Å². The van der Waals surface area contributed by atoms with Crippen molar-refractivity contribution in [1.29, 1.82) is 0 Å². The van der Waals surface area contributed by atoms with Crippen LogP contribution in [-0.4, -0.2) is 9.78 Å². The number of ether oxygens (including phenoxy) is 1. The number of rotatable bonds is 4. The second kappa shape index (κ2) is 6.09. The van der Waals surface area contributed by atoms with Crippen molar-refractivity contribution in [3.63, 3.8) is 0 Å². The van der Waals surface area contributed by atoms with Gasteiger partial charge in [0.1, 0.15) is 12.4 Å². The molecule has 0 fully saturated rings. The SMILES string of the molecule is Ic1ccc(OCc2cnn(-c3ccccc3)c2)cc1. The summed E-state index contributed by atoms with van der Waals surface area (Å²) < 4.78 is 8.79. The zero-order valence-electron chi connectivity index (χ0n) is 10.7. The molecule has 0 aliphatic heterocycles. The third-order valence-electron chi connectivity index (χ3n) is 2.88. The molecule has 0 unspecified atom stereocenters. The monoisotopic (exact) mass is 376 g/mol. The Morgan fingerprint density at radius 1 is 1.00 bits per heavy atom. The molecule has 2 aromatic carbocycles. The largest absolute Gasteiger partial charge is 0.489 e. The molecule has 0 aliphatic carbocycles. The third kappa shape index (κ3) is 3.19. The predicted molar refractivity (Wildman–Crippen MR) is 87.1 cm³/mol. The van der Waals surface area contributed by atoms with Gasteiger partial charge in [0.05, 0.1) is 11.9 Å². The standard InChI is InChI=1S/C16H13IN2O/c17-14-6-8-16(9-7-14)20-12-13-10-18-19(11-13)15-4-2-1-3-5-15/h1-11H,12H2. The van der Waals surface area contributed by atoms with Gasteiger partial charge in [0.15, 0.2) is 0 Å². The van der Waals surface area contributed by atoms with Gasteiger partial charge in [-0.25, -0.2) is 4.68 Å². The number of benzene rings is 2. The zero-order valence-corrected chi connectivity index (χ0v) is 12.9. The van der Waals surface area contributed by atoms with Crippen LogP contribution in [0.1, 0.15) is 5.56 Å². The van der Waals surface area contributed by atoms with Gasteiger partial charge < -0.3 is 4.74 Å². The Labute approximate surface area is 131 Å². The predicted octanol–water partition coefficient (Wildman–Crippen LogP) is 4.06. The van der Waals surface area contributed by atoms with Gasteiger partial charge >= 0.3 is 0 Å². The van der Waals surface area contributed by atoms with Gasteiger partial charge in [-0.05, 0) is 59.0 Å².